The number of ether oxygens (including phenoxy) is 1. The van der Waals surface area contributed by atoms with Crippen molar-refractivity contribution in [1.82, 2.24) is 0 Å². The monoisotopic (exact) mass is 198 g/mol. The summed E-state index contributed by atoms with van der Waals surface area (Å²) in [5.74, 6) is 0. The van der Waals surface area contributed by atoms with E-state index < -0.39 is 0 Å². The molecule has 0 amide bonds. The zero-order valence-corrected chi connectivity index (χ0v) is 9.00. The molecule has 1 N–H and O–H groups in total. The third kappa shape index (κ3) is 2.29. The van der Waals surface area contributed by atoms with Crippen molar-refractivity contribution in [3.63, 3.8) is 0 Å². The van der Waals surface area contributed by atoms with Gasteiger partial charge in [0.2, 0.25) is 0 Å². The van der Waals surface area contributed by atoms with E-state index in [1.165, 1.54) is 51.4 Å². The minimum atomic E-state index is 0.318. The first-order valence-electron chi connectivity index (χ1n) is 6.07. The van der Waals surface area contributed by atoms with E-state index in [0.29, 0.717) is 18.1 Å². The van der Waals surface area contributed by atoms with Crippen molar-refractivity contribution in [2.24, 2.45) is 5.41 Å². The molecule has 1 saturated heterocycles. The van der Waals surface area contributed by atoms with Crippen molar-refractivity contribution < 1.29 is 9.84 Å². The van der Waals surface area contributed by atoms with Crippen LogP contribution in [0, 0.1) is 5.41 Å². The van der Waals surface area contributed by atoms with Crippen LogP contribution in [-0.4, -0.2) is 24.4 Å². The lowest BCUT2D eigenvalue weighted by Crippen LogP contribution is -2.33. The molecule has 0 aromatic carbocycles. The lowest BCUT2D eigenvalue weighted by atomic mass is 9.66. The maximum Gasteiger partial charge on any atom is 0.0576 e. The van der Waals surface area contributed by atoms with Gasteiger partial charge in [-0.2, -0.15) is 0 Å². The van der Waals surface area contributed by atoms with Gasteiger partial charge in [-0.1, -0.05) is 12.8 Å². The second-order valence-electron chi connectivity index (χ2n) is 5.04. The Labute approximate surface area is 86.6 Å². The van der Waals surface area contributed by atoms with Crippen LogP contribution in [0.1, 0.15) is 51.4 Å². The number of aliphatic hydroxyl groups excluding tert-OH is 1. The lowest BCUT2D eigenvalue weighted by molar-refractivity contribution is 0.0275. The van der Waals surface area contributed by atoms with Crippen LogP contribution < -0.4 is 0 Å². The van der Waals surface area contributed by atoms with Gasteiger partial charge in [0, 0.05) is 13.2 Å². The van der Waals surface area contributed by atoms with Crippen LogP contribution in [0.4, 0.5) is 0 Å². The molecule has 0 aromatic heterocycles. The van der Waals surface area contributed by atoms with Crippen LogP contribution in [0.5, 0.6) is 0 Å². The first-order chi connectivity index (χ1) is 6.85. The van der Waals surface area contributed by atoms with E-state index in [9.17, 15) is 5.11 Å². The minimum Gasteiger partial charge on any atom is -0.396 e. The van der Waals surface area contributed by atoms with Crippen molar-refractivity contribution >= 4 is 0 Å². The molecule has 0 radical (unpaired) electrons. The highest BCUT2D eigenvalue weighted by Gasteiger charge is 2.35. The average Bonchev–Trinajstić information content (AvgIpc) is 2.62. The number of hydrogen-bond donors (Lipinski definition) is 1. The van der Waals surface area contributed by atoms with Crippen LogP contribution >= 0.6 is 0 Å². The first-order valence-corrected chi connectivity index (χ1v) is 6.07. The first kappa shape index (κ1) is 10.4. The fourth-order valence-corrected chi connectivity index (χ4v) is 2.74. The Morgan fingerprint density at radius 1 is 1.29 bits per heavy atom. The molecule has 82 valence electrons. The molecule has 1 aliphatic carbocycles. The normalized spacial score (nSPS) is 30.2. The predicted molar refractivity (Wildman–Crippen MR) is 56.2 cm³/mol. The van der Waals surface area contributed by atoms with Crippen LogP contribution in [0.3, 0.4) is 0 Å². The Hall–Kier alpha value is -0.0800. The molecule has 2 rings (SSSR count). The molecule has 2 nitrogen and oxygen atoms in total. The van der Waals surface area contributed by atoms with Crippen molar-refractivity contribution in [3.05, 3.63) is 0 Å². The zero-order chi connectivity index (χ0) is 9.86. The van der Waals surface area contributed by atoms with Gasteiger partial charge in [-0.25, -0.2) is 0 Å². The van der Waals surface area contributed by atoms with Crippen LogP contribution in [0.15, 0.2) is 0 Å². The van der Waals surface area contributed by atoms with E-state index in [2.05, 4.69) is 0 Å². The SMILES string of the molecule is OCC1(CCCC2CCCO2)CCC1. The summed E-state index contributed by atoms with van der Waals surface area (Å²) in [5, 5.41) is 9.30. The van der Waals surface area contributed by atoms with Gasteiger partial charge in [0.25, 0.3) is 0 Å². The smallest absolute Gasteiger partial charge is 0.0576 e. The number of hydrogen-bond acceptors (Lipinski definition) is 2. The van der Waals surface area contributed by atoms with Crippen molar-refractivity contribution in [3.8, 4) is 0 Å². The van der Waals surface area contributed by atoms with E-state index in [1.807, 2.05) is 0 Å². The highest BCUT2D eigenvalue weighted by molar-refractivity contribution is 4.87. The molecule has 0 aromatic rings. The Balaban J connectivity index is 1.61. The van der Waals surface area contributed by atoms with E-state index in [0.717, 1.165) is 6.61 Å². The van der Waals surface area contributed by atoms with E-state index in [1.54, 1.807) is 0 Å². The summed E-state index contributed by atoms with van der Waals surface area (Å²) >= 11 is 0. The second kappa shape index (κ2) is 4.63. The van der Waals surface area contributed by atoms with Gasteiger partial charge in [0.15, 0.2) is 0 Å². The van der Waals surface area contributed by atoms with Crippen molar-refractivity contribution in [1.29, 1.82) is 0 Å². The molecule has 2 aliphatic rings. The average molecular weight is 198 g/mol. The van der Waals surface area contributed by atoms with Gasteiger partial charge in [0.1, 0.15) is 0 Å². The molecule has 14 heavy (non-hydrogen) atoms. The lowest BCUT2D eigenvalue weighted by Gasteiger charge is -2.40. The molecule has 2 heteroatoms. The summed E-state index contributed by atoms with van der Waals surface area (Å²) in [6, 6.07) is 0. The van der Waals surface area contributed by atoms with Crippen LogP contribution in [0.2, 0.25) is 0 Å². The summed E-state index contributed by atoms with van der Waals surface area (Å²) in [6.07, 6.45) is 10.5. The van der Waals surface area contributed by atoms with Gasteiger partial charge in [0.05, 0.1) is 6.10 Å². The highest BCUT2D eigenvalue weighted by atomic mass is 16.5. The van der Waals surface area contributed by atoms with Crippen molar-refractivity contribution in [2.45, 2.75) is 57.5 Å². The highest BCUT2D eigenvalue weighted by Crippen LogP contribution is 2.44. The molecule has 1 aliphatic heterocycles. The van der Waals surface area contributed by atoms with Gasteiger partial charge < -0.3 is 9.84 Å². The fraction of sp³-hybridized carbons (Fsp3) is 1.00. The number of rotatable bonds is 5. The molecule has 1 atom stereocenters. The molecule has 1 saturated carbocycles. The minimum absolute atomic E-state index is 0.318. The third-order valence-corrected chi connectivity index (χ3v) is 4.01. The molecular formula is C12H22O2. The second-order valence-corrected chi connectivity index (χ2v) is 5.04. The zero-order valence-electron chi connectivity index (χ0n) is 9.00. The van der Waals surface area contributed by atoms with E-state index in [4.69, 9.17) is 4.74 Å². The van der Waals surface area contributed by atoms with Crippen LogP contribution in [-0.2, 0) is 4.74 Å². The summed E-state index contributed by atoms with van der Waals surface area (Å²) in [4.78, 5) is 0. The molecule has 2 fully saturated rings. The largest absolute Gasteiger partial charge is 0.396 e. The maximum atomic E-state index is 9.30. The fourth-order valence-electron chi connectivity index (χ4n) is 2.74. The Morgan fingerprint density at radius 2 is 2.14 bits per heavy atom. The summed E-state index contributed by atoms with van der Waals surface area (Å²) in [7, 11) is 0. The summed E-state index contributed by atoms with van der Waals surface area (Å²) < 4.78 is 5.59. The Bertz CT molecular complexity index is 164. The quantitative estimate of drug-likeness (QED) is 0.735. The molecule has 1 heterocycles. The summed E-state index contributed by atoms with van der Waals surface area (Å²) in [6.45, 7) is 1.37. The van der Waals surface area contributed by atoms with Crippen LogP contribution in [0.25, 0.3) is 0 Å². The standard InChI is InChI=1S/C12H22O2/c13-10-12(7-3-8-12)6-1-4-11-5-2-9-14-11/h11,13H,1-10H2. The predicted octanol–water partition coefficient (Wildman–Crippen LogP) is 2.50. The van der Waals surface area contributed by atoms with Gasteiger partial charge >= 0.3 is 0 Å². The van der Waals surface area contributed by atoms with Gasteiger partial charge in [-0.15, -0.1) is 0 Å². The van der Waals surface area contributed by atoms with E-state index in [-0.39, 0.29) is 0 Å². The maximum absolute atomic E-state index is 9.30. The summed E-state index contributed by atoms with van der Waals surface area (Å²) in [5.41, 5.74) is 0.318. The molecular weight excluding hydrogens is 176 g/mol. The van der Waals surface area contributed by atoms with E-state index >= 15 is 0 Å². The number of aliphatic hydroxyl groups is 1. The third-order valence-electron chi connectivity index (χ3n) is 4.01. The topological polar surface area (TPSA) is 29.5 Å². The Kier molecular flexibility index (Phi) is 3.45. The van der Waals surface area contributed by atoms with Gasteiger partial charge in [-0.05, 0) is 43.9 Å². The molecule has 0 bridgehead atoms. The molecule has 1 unspecified atom stereocenters. The van der Waals surface area contributed by atoms with Gasteiger partial charge in [-0.3, -0.25) is 0 Å². The Morgan fingerprint density at radius 3 is 2.64 bits per heavy atom. The molecule has 0 spiro atoms. The van der Waals surface area contributed by atoms with Crippen molar-refractivity contribution in [2.75, 3.05) is 13.2 Å².